The minimum atomic E-state index is -2.81. The van der Waals surface area contributed by atoms with Gasteiger partial charge in [0, 0.05) is 0 Å². The summed E-state index contributed by atoms with van der Waals surface area (Å²) in [6, 6.07) is 1.95. The van der Waals surface area contributed by atoms with Crippen molar-refractivity contribution in [2.45, 2.75) is 25.8 Å². The maximum Gasteiger partial charge on any atom is 0.150 e. The lowest BCUT2D eigenvalue weighted by Crippen LogP contribution is -2.24. The van der Waals surface area contributed by atoms with Crippen molar-refractivity contribution in [1.82, 2.24) is 5.32 Å². The quantitative estimate of drug-likeness (QED) is 0.898. The van der Waals surface area contributed by atoms with Crippen LogP contribution in [0, 0.1) is 5.92 Å². The summed E-state index contributed by atoms with van der Waals surface area (Å²) in [5, 5.41) is 3.36. The van der Waals surface area contributed by atoms with Crippen molar-refractivity contribution >= 4 is 25.8 Å². The molecule has 0 amide bonds. The molecule has 0 spiro atoms. The zero-order chi connectivity index (χ0) is 13.2. The summed E-state index contributed by atoms with van der Waals surface area (Å²) >= 11 is 3.46. The zero-order valence-corrected chi connectivity index (χ0v) is 12.8. The lowest BCUT2D eigenvalue weighted by atomic mass is 9.98. The van der Waals surface area contributed by atoms with E-state index < -0.39 is 9.84 Å². The maximum absolute atomic E-state index is 11.5. The summed E-state index contributed by atoms with van der Waals surface area (Å²) in [4.78, 5) is 0. The summed E-state index contributed by atoms with van der Waals surface area (Å²) in [5.41, 5.74) is 0. The number of hydrogen-bond acceptors (Lipinski definition) is 4. The van der Waals surface area contributed by atoms with E-state index in [1.165, 1.54) is 0 Å². The van der Waals surface area contributed by atoms with Crippen molar-refractivity contribution in [2.75, 3.05) is 18.1 Å². The lowest BCUT2D eigenvalue weighted by molar-refractivity contribution is 0.356. The van der Waals surface area contributed by atoms with E-state index in [0.29, 0.717) is 11.5 Å². The minimum Gasteiger partial charge on any atom is -0.466 e. The van der Waals surface area contributed by atoms with Gasteiger partial charge in [0.1, 0.15) is 5.76 Å². The third kappa shape index (κ3) is 3.36. The van der Waals surface area contributed by atoms with Gasteiger partial charge in [0.15, 0.2) is 9.84 Å². The molecule has 2 atom stereocenters. The van der Waals surface area contributed by atoms with E-state index in [1.54, 1.807) is 6.26 Å². The van der Waals surface area contributed by atoms with Gasteiger partial charge in [-0.25, -0.2) is 8.42 Å². The van der Waals surface area contributed by atoms with Gasteiger partial charge in [-0.15, -0.1) is 0 Å². The summed E-state index contributed by atoms with van der Waals surface area (Å²) in [6.45, 7) is 2.87. The molecule has 1 aromatic rings. The van der Waals surface area contributed by atoms with Gasteiger partial charge in [0.05, 0.1) is 28.3 Å². The predicted molar refractivity (Wildman–Crippen MR) is 74.2 cm³/mol. The van der Waals surface area contributed by atoms with Crippen molar-refractivity contribution < 1.29 is 12.8 Å². The Morgan fingerprint density at radius 2 is 2.39 bits per heavy atom. The van der Waals surface area contributed by atoms with E-state index in [1.807, 2.05) is 13.0 Å². The van der Waals surface area contributed by atoms with Crippen LogP contribution < -0.4 is 5.32 Å². The van der Waals surface area contributed by atoms with Crippen LogP contribution in [0.15, 0.2) is 21.2 Å². The second-order valence-corrected chi connectivity index (χ2v) is 7.83. The van der Waals surface area contributed by atoms with Gasteiger partial charge >= 0.3 is 0 Å². The van der Waals surface area contributed by atoms with Crippen molar-refractivity contribution in [3.63, 3.8) is 0 Å². The zero-order valence-electron chi connectivity index (χ0n) is 10.4. The molecule has 4 nitrogen and oxygen atoms in total. The molecule has 0 bridgehead atoms. The maximum atomic E-state index is 11.5. The second kappa shape index (κ2) is 5.75. The Kier molecular flexibility index (Phi) is 4.50. The molecule has 1 aliphatic heterocycles. The van der Waals surface area contributed by atoms with E-state index in [4.69, 9.17) is 4.42 Å². The first-order valence-electron chi connectivity index (χ1n) is 6.18. The van der Waals surface area contributed by atoms with Crippen LogP contribution >= 0.6 is 15.9 Å². The molecule has 1 aromatic heterocycles. The van der Waals surface area contributed by atoms with E-state index in [0.717, 1.165) is 29.6 Å². The first-order valence-corrected chi connectivity index (χ1v) is 8.80. The van der Waals surface area contributed by atoms with Crippen LogP contribution in [0.5, 0.6) is 0 Å². The van der Waals surface area contributed by atoms with E-state index in [2.05, 4.69) is 21.2 Å². The molecule has 2 unspecified atom stereocenters. The minimum absolute atomic E-state index is 0.0812. The largest absolute Gasteiger partial charge is 0.466 e. The van der Waals surface area contributed by atoms with Crippen LogP contribution in [-0.2, 0) is 9.84 Å². The van der Waals surface area contributed by atoms with E-state index in [-0.39, 0.29) is 12.0 Å². The molecule has 0 radical (unpaired) electrons. The fraction of sp³-hybridized carbons (Fsp3) is 0.667. The fourth-order valence-corrected chi connectivity index (χ4v) is 4.83. The van der Waals surface area contributed by atoms with Gasteiger partial charge in [-0.1, -0.05) is 6.92 Å². The Labute approximate surface area is 116 Å². The monoisotopic (exact) mass is 335 g/mol. The smallest absolute Gasteiger partial charge is 0.150 e. The third-order valence-corrected chi connectivity index (χ3v) is 5.80. The van der Waals surface area contributed by atoms with Crippen LogP contribution in [0.4, 0.5) is 0 Å². The molecule has 2 rings (SSSR count). The molecule has 102 valence electrons. The Hall–Kier alpha value is -0.330. The number of rotatable bonds is 5. The van der Waals surface area contributed by atoms with Crippen LogP contribution in [-0.4, -0.2) is 26.5 Å². The third-order valence-electron chi connectivity index (χ3n) is 3.31. The average Bonchev–Trinajstić information content (AvgIpc) is 2.84. The molecule has 0 saturated carbocycles. The van der Waals surface area contributed by atoms with Gasteiger partial charge in [0.2, 0.25) is 0 Å². The van der Waals surface area contributed by atoms with E-state index >= 15 is 0 Å². The molecule has 2 heterocycles. The van der Waals surface area contributed by atoms with Gasteiger partial charge in [-0.05, 0) is 47.3 Å². The molecule has 0 aromatic carbocycles. The topological polar surface area (TPSA) is 59.3 Å². The lowest BCUT2D eigenvalue weighted by Gasteiger charge is -2.19. The molecule has 1 saturated heterocycles. The number of sulfone groups is 1. The second-order valence-electron chi connectivity index (χ2n) is 4.75. The summed E-state index contributed by atoms with van der Waals surface area (Å²) < 4.78 is 29.4. The highest BCUT2D eigenvalue weighted by atomic mass is 79.9. The summed E-state index contributed by atoms with van der Waals surface area (Å²) in [7, 11) is -2.81. The highest BCUT2D eigenvalue weighted by molar-refractivity contribution is 9.10. The number of furan rings is 1. The normalized spacial score (nSPS) is 24.2. The molecule has 6 heteroatoms. The van der Waals surface area contributed by atoms with Crippen LogP contribution in [0.1, 0.15) is 31.6 Å². The van der Waals surface area contributed by atoms with Crippen molar-refractivity contribution in [3.8, 4) is 0 Å². The Morgan fingerprint density at radius 3 is 2.89 bits per heavy atom. The van der Waals surface area contributed by atoms with Gasteiger partial charge in [-0.3, -0.25) is 0 Å². The number of halogens is 1. The van der Waals surface area contributed by atoms with Gasteiger partial charge in [0.25, 0.3) is 0 Å². The van der Waals surface area contributed by atoms with Crippen molar-refractivity contribution in [3.05, 3.63) is 22.6 Å². The number of hydrogen-bond donors (Lipinski definition) is 1. The predicted octanol–water partition coefficient (Wildman–Crippen LogP) is 2.52. The van der Waals surface area contributed by atoms with Gasteiger partial charge in [-0.2, -0.15) is 0 Å². The van der Waals surface area contributed by atoms with Crippen LogP contribution in [0.2, 0.25) is 0 Å². The average molecular weight is 336 g/mol. The summed E-state index contributed by atoms with van der Waals surface area (Å²) in [6.07, 6.45) is 3.22. The van der Waals surface area contributed by atoms with Crippen molar-refractivity contribution in [1.29, 1.82) is 0 Å². The van der Waals surface area contributed by atoms with Crippen LogP contribution in [0.3, 0.4) is 0 Å². The molecular weight excluding hydrogens is 318 g/mol. The fourth-order valence-electron chi connectivity index (χ4n) is 2.47. The Balaban J connectivity index is 2.06. The molecule has 1 fully saturated rings. The Morgan fingerprint density at radius 1 is 1.61 bits per heavy atom. The Bertz CT molecular complexity index is 497. The first kappa shape index (κ1) is 14.1. The highest BCUT2D eigenvalue weighted by Gasteiger charge is 2.31. The SMILES string of the molecule is CCNC(CC1CCS(=O)(=O)C1)c1occc1Br. The molecule has 1 N–H and O–H groups in total. The standard InChI is InChI=1S/C12H18BrNO3S/c1-2-14-11(12-10(13)3-5-17-12)7-9-4-6-18(15,16)8-9/h3,5,9,11,14H,2,4,6-8H2,1H3. The summed E-state index contributed by atoms with van der Waals surface area (Å²) in [5.74, 6) is 1.74. The molecular formula is C12H18BrNO3S. The van der Waals surface area contributed by atoms with E-state index in [9.17, 15) is 8.42 Å². The van der Waals surface area contributed by atoms with Crippen LogP contribution in [0.25, 0.3) is 0 Å². The molecule has 18 heavy (non-hydrogen) atoms. The number of nitrogens with one attached hydrogen (secondary N) is 1. The molecule has 0 aliphatic carbocycles. The highest BCUT2D eigenvalue weighted by Crippen LogP contribution is 2.32. The van der Waals surface area contributed by atoms with Gasteiger partial charge < -0.3 is 9.73 Å². The molecule has 1 aliphatic rings. The first-order chi connectivity index (χ1) is 8.52. The van der Waals surface area contributed by atoms with Crippen molar-refractivity contribution in [2.24, 2.45) is 5.92 Å².